The molecule has 0 saturated carbocycles. The van der Waals surface area contributed by atoms with Crippen LogP contribution in [0.25, 0.3) is 33.5 Å². The number of hydrogen-bond acceptors (Lipinski definition) is 8. The van der Waals surface area contributed by atoms with Crippen molar-refractivity contribution in [1.82, 2.24) is 15.0 Å². The average Bonchev–Trinajstić information content (AvgIpc) is 2.99. The zero-order valence-corrected chi connectivity index (χ0v) is 23.8. The lowest BCUT2D eigenvalue weighted by molar-refractivity contribution is 0.122. The molecule has 0 radical (unpaired) electrons. The van der Waals surface area contributed by atoms with Crippen molar-refractivity contribution in [2.24, 2.45) is 0 Å². The molecule has 6 rings (SSSR count). The number of benzene rings is 2. The van der Waals surface area contributed by atoms with E-state index in [1.165, 1.54) is 18.2 Å². The lowest BCUT2D eigenvalue weighted by Crippen LogP contribution is -2.36. The Balaban J connectivity index is 1.55. The van der Waals surface area contributed by atoms with E-state index in [0.717, 1.165) is 18.0 Å². The summed E-state index contributed by atoms with van der Waals surface area (Å²) in [5.41, 5.74) is 4.76. The average molecular weight is 588 g/mol. The Hall–Kier alpha value is -4.48. The molecule has 0 atom stereocenters. The van der Waals surface area contributed by atoms with Crippen LogP contribution < -0.4 is 10.2 Å². The molecule has 1 fully saturated rings. The first-order valence-electron chi connectivity index (χ1n) is 13.3. The molecule has 0 spiro atoms. The third-order valence-electron chi connectivity index (χ3n) is 7.22. The molecule has 2 aromatic carbocycles. The maximum atomic E-state index is 15.4. The van der Waals surface area contributed by atoms with E-state index in [1.54, 1.807) is 43.6 Å². The number of nitrogens with zero attached hydrogens (tertiary/aromatic N) is 4. The molecular weight excluding hydrogens is 560 g/mol. The monoisotopic (exact) mass is 587 g/mol. The van der Waals surface area contributed by atoms with Crippen LogP contribution in [0.2, 0.25) is 0 Å². The predicted octanol–water partition coefficient (Wildman–Crippen LogP) is 5.93. The third-order valence-corrected chi connectivity index (χ3v) is 8.35. The van der Waals surface area contributed by atoms with Crippen LogP contribution in [0.3, 0.4) is 0 Å². The molecule has 1 saturated heterocycles. The van der Waals surface area contributed by atoms with Crippen LogP contribution in [0.1, 0.15) is 5.56 Å². The van der Waals surface area contributed by atoms with Crippen molar-refractivity contribution >= 4 is 37.8 Å². The fourth-order valence-corrected chi connectivity index (χ4v) is 5.71. The molecule has 0 unspecified atom stereocenters. The minimum atomic E-state index is -3.39. The van der Waals surface area contributed by atoms with Crippen molar-refractivity contribution in [1.29, 1.82) is 0 Å². The van der Waals surface area contributed by atoms with Crippen LogP contribution >= 0.6 is 0 Å². The Labute approximate surface area is 242 Å². The summed E-state index contributed by atoms with van der Waals surface area (Å²) in [6, 6.07) is 15.8. The van der Waals surface area contributed by atoms with Crippen LogP contribution in [0.15, 0.2) is 78.0 Å². The Morgan fingerprint density at radius 3 is 2.40 bits per heavy atom. The van der Waals surface area contributed by atoms with E-state index >= 15 is 4.39 Å². The number of fused-ring (bicyclic) bond motifs is 1. The summed E-state index contributed by atoms with van der Waals surface area (Å²) in [5.74, 6) is -1.50. The van der Waals surface area contributed by atoms with Gasteiger partial charge in [0, 0.05) is 48.8 Å². The van der Waals surface area contributed by atoms with Crippen molar-refractivity contribution in [2.45, 2.75) is 11.8 Å². The van der Waals surface area contributed by atoms with E-state index in [9.17, 15) is 12.8 Å². The zero-order chi connectivity index (χ0) is 29.4. The molecule has 0 amide bonds. The maximum Gasteiger partial charge on any atom is 0.175 e. The standard InChI is InChI=1S/C31H27F2N5O3S/c1-19-29(25-5-3-4-10-34-25)36-26-16-21(32)15-24(33)28(26)30(19)37-27-17-22(38-11-13-41-14-12-38)18-35-31(27)20-6-8-23(9-7-20)42(2,39)40/h3-10,15-18H,11-14H2,1-2H3,(H,36,37). The number of sulfone groups is 1. The highest BCUT2D eigenvalue weighted by Gasteiger charge is 2.21. The Bertz CT molecular complexity index is 1900. The van der Waals surface area contributed by atoms with Gasteiger partial charge in [0.15, 0.2) is 9.84 Å². The van der Waals surface area contributed by atoms with Crippen molar-refractivity contribution in [3.05, 3.63) is 90.3 Å². The molecular formula is C31H27F2N5O3S. The normalized spacial score (nSPS) is 13.9. The van der Waals surface area contributed by atoms with Gasteiger partial charge in [0.05, 0.1) is 69.4 Å². The van der Waals surface area contributed by atoms with Gasteiger partial charge in [-0.15, -0.1) is 0 Å². The summed E-state index contributed by atoms with van der Waals surface area (Å²) in [6.07, 6.45) is 4.54. The SMILES string of the molecule is Cc1c(-c2ccccn2)nc2cc(F)cc(F)c2c1Nc1cc(N2CCOCC2)cnc1-c1ccc(S(C)(=O)=O)cc1. The van der Waals surface area contributed by atoms with Gasteiger partial charge in [0.25, 0.3) is 0 Å². The lowest BCUT2D eigenvalue weighted by atomic mass is 10.0. The van der Waals surface area contributed by atoms with Gasteiger partial charge in [-0.05, 0) is 37.3 Å². The highest BCUT2D eigenvalue weighted by molar-refractivity contribution is 7.90. The number of morpholine rings is 1. The molecule has 214 valence electrons. The number of pyridine rings is 3. The fourth-order valence-electron chi connectivity index (χ4n) is 5.08. The van der Waals surface area contributed by atoms with Gasteiger partial charge < -0.3 is 15.0 Å². The van der Waals surface area contributed by atoms with E-state index < -0.39 is 21.5 Å². The first kappa shape index (κ1) is 27.7. The topological polar surface area (TPSA) is 97.3 Å². The Morgan fingerprint density at radius 2 is 1.71 bits per heavy atom. The van der Waals surface area contributed by atoms with E-state index in [-0.39, 0.29) is 15.8 Å². The molecule has 1 aliphatic heterocycles. The molecule has 4 heterocycles. The smallest absolute Gasteiger partial charge is 0.175 e. The van der Waals surface area contributed by atoms with Crippen LogP contribution in [0.5, 0.6) is 0 Å². The largest absolute Gasteiger partial charge is 0.378 e. The number of nitrogens with one attached hydrogen (secondary N) is 1. The maximum absolute atomic E-state index is 15.4. The second-order valence-electron chi connectivity index (χ2n) is 10.1. The van der Waals surface area contributed by atoms with Crippen LogP contribution in [-0.4, -0.2) is 55.9 Å². The van der Waals surface area contributed by atoms with E-state index in [2.05, 4.69) is 20.2 Å². The van der Waals surface area contributed by atoms with Gasteiger partial charge in [0.2, 0.25) is 0 Å². The predicted molar refractivity (Wildman–Crippen MR) is 159 cm³/mol. The van der Waals surface area contributed by atoms with Gasteiger partial charge in [-0.1, -0.05) is 18.2 Å². The lowest BCUT2D eigenvalue weighted by Gasteiger charge is -2.29. The summed E-state index contributed by atoms with van der Waals surface area (Å²) in [6.45, 7) is 4.32. The summed E-state index contributed by atoms with van der Waals surface area (Å²) >= 11 is 0. The first-order valence-corrected chi connectivity index (χ1v) is 15.2. The third kappa shape index (κ3) is 5.40. The van der Waals surface area contributed by atoms with E-state index in [0.29, 0.717) is 65.9 Å². The number of anilines is 3. The molecule has 0 aliphatic carbocycles. The second kappa shape index (κ2) is 11.1. The summed E-state index contributed by atoms with van der Waals surface area (Å²) in [5, 5.41) is 3.54. The summed E-state index contributed by atoms with van der Waals surface area (Å²) < 4.78 is 59.4. The fraction of sp³-hybridized carbons (Fsp3) is 0.194. The van der Waals surface area contributed by atoms with Gasteiger partial charge >= 0.3 is 0 Å². The number of aromatic nitrogens is 3. The van der Waals surface area contributed by atoms with Gasteiger partial charge in [-0.25, -0.2) is 22.2 Å². The summed E-state index contributed by atoms with van der Waals surface area (Å²) in [7, 11) is -3.39. The first-order chi connectivity index (χ1) is 20.2. The minimum absolute atomic E-state index is 0.128. The quantitative estimate of drug-likeness (QED) is 0.261. The minimum Gasteiger partial charge on any atom is -0.378 e. The number of halogens is 2. The highest BCUT2D eigenvalue weighted by Crippen LogP contribution is 2.39. The van der Waals surface area contributed by atoms with Crippen molar-refractivity contribution in [2.75, 3.05) is 42.8 Å². The molecule has 11 heteroatoms. The number of ether oxygens (including phenoxy) is 1. The molecule has 8 nitrogen and oxygen atoms in total. The molecule has 1 aliphatic rings. The number of hydrogen-bond donors (Lipinski definition) is 1. The Morgan fingerprint density at radius 1 is 0.952 bits per heavy atom. The van der Waals surface area contributed by atoms with Gasteiger partial charge in [0.1, 0.15) is 11.6 Å². The zero-order valence-electron chi connectivity index (χ0n) is 22.9. The van der Waals surface area contributed by atoms with E-state index in [4.69, 9.17) is 9.72 Å². The van der Waals surface area contributed by atoms with Crippen molar-refractivity contribution in [3.63, 3.8) is 0 Å². The van der Waals surface area contributed by atoms with Gasteiger partial charge in [-0.3, -0.25) is 9.97 Å². The van der Waals surface area contributed by atoms with E-state index in [1.807, 2.05) is 12.1 Å². The molecule has 0 bridgehead atoms. The van der Waals surface area contributed by atoms with Crippen molar-refractivity contribution < 1.29 is 21.9 Å². The molecule has 42 heavy (non-hydrogen) atoms. The Kier molecular flexibility index (Phi) is 7.29. The summed E-state index contributed by atoms with van der Waals surface area (Å²) in [4.78, 5) is 16.1. The molecule has 3 aromatic heterocycles. The van der Waals surface area contributed by atoms with Crippen LogP contribution in [-0.2, 0) is 14.6 Å². The number of rotatable bonds is 6. The van der Waals surface area contributed by atoms with Crippen molar-refractivity contribution in [3.8, 4) is 22.6 Å². The molecule has 5 aromatic rings. The van der Waals surface area contributed by atoms with Crippen LogP contribution in [0, 0.1) is 18.6 Å². The molecule has 1 N–H and O–H groups in total. The second-order valence-corrected chi connectivity index (χ2v) is 12.1. The highest BCUT2D eigenvalue weighted by atomic mass is 32.2. The van der Waals surface area contributed by atoms with Gasteiger partial charge in [-0.2, -0.15) is 0 Å². The van der Waals surface area contributed by atoms with Crippen LogP contribution in [0.4, 0.5) is 25.8 Å².